The number of aromatic hydroxyl groups is 1. The average Bonchev–Trinajstić information content (AvgIpc) is 2.10. The Hall–Kier alpha value is -1.28. The van der Waals surface area contributed by atoms with E-state index in [0.29, 0.717) is 5.75 Å². The highest BCUT2D eigenvalue weighted by Crippen LogP contribution is 2.21. The Bertz CT molecular complexity index is 307. The Balaban J connectivity index is 2.89. The third-order valence-corrected chi connectivity index (χ3v) is 2.07. The zero-order valence-corrected chi connectivity index (χ0v) is 7.83. The minimum absolute atomic E-state index is 0.0169. The third kappa shape index (κ3) is 2.33. The lowest BCUT2D eigenvalue weighted by atomic mass is 10.0. The van der Waals surface area contributed by atoms with E-state index in [1.54, 1.807) is 12.1 Å². The highest BCUT2D eigenvalue weighted by molar-refractivity contribution is 5.36. The van der Waals surface area contributed by atoms with Gasteiger partial charge in [0.25, 0.3) is 0 Å². The molecule has 0 amide bonds. The largest absolute Gasteiger partial charge is 0.508 e. The van der Waals surface area contributed by atoms with Crippen molar-refractivity contribution in [3.8, 4) is 5.75 Å². The van der Waals surface area contributed by atoms with Crippen LogP contribution in [0.15, 0.2) is 30.9 Å². The normalized spacial score (nSPS) is 12.5. The number of nitrogens with two attached hydrogens (primary N) is 1. The van der Waals surface area contributed by atoms with E-state index in [4.69, 9.17) is 5.73 Å². The van der Waals surface area contributed by atoms with Gasteiger partial charge in [-0.05, 0) is 30.5 Å². The van der Waals surface area contributed by atoms with Crippen molar-refractivity contribution >= 4 is 0 Å². The fourth-order valence-corrected chi connectivity index (χ4v) is 1.22. The highest BCUT2D eigenvalue weighted by Gasteiger charge is 2.05. The van der Waals surface area contributed by atoms with Gasteiger partial charge in [-0.15, -0.1) is 6.58 Å². The molecule has 1 aromatic rings. The predicted molar refractivity (Wildman–Crippen MR) is 54.6 cm³/mol. The van der Waals surface area contributed by atoms with Gasteiger partial charge in [0, 0.05) is 6.04 Å². The van der Waals surface area contributed by atoms with Crippen molar-refractivity contribution in [1.82, 2.24) is 0 Å². The van der Waals surface area contributed by atoms with Crippen LogP contribution in [-0.2, 0) is 0 Å². The summed E-state index contributed by atoms with van der Waals surface area (Å²) >= 11 is 0. The van der Waals surface area contributed by atoms with Crippen molar-refractivity contribution < 1.29 is 5.11 Å². The van der Waals surface area contributed by atoms with E-state index in [2.05, 4.69) is 6.58 Å². The summed E-state index contributed by atoms with van der Waals surface area (Å²) in [5, 5.41) is 9.29. The molecule has 0 saturated carbocycles. The maximum atomic E-state index is 9.29. The van der Waals surface area contributed by atoms with Gasteiger partial charge >= 0.3 is 0 Å². The van der Waals surface area contributed by atoms with E-state index in [0.717, 1.165) is 17.5 Å². The minimum Gasteiger partial charge on any atom is -0.508 e. The summed E-state index contributed by atoms with van der Waals surface area (Å²) < 4.78 is 0. The molecule has 1 atom stereocenters. The van der Waals surface area contributed by atoms with Crippen molar-refractivity contribution in [2.24, 2.45) is 5.73 Å². The molecule has 0 aromatic heterocycles. The molecular weight excluding hydrogens is 162 g/mol. The molecule has 0 aliphatic heterocycles. The van der Waals surface area contributed by atoms with Gasteiger partial charge in [0.05, 0.1) is 0 Å². The van der Waals surface area contributed by atoms with Crippen LogP contribution in [0.2, 0.25) is 0 Å². The lowest BCUT2D eigenvalue weighted by Gasteiger charge is -2.10. The van der Waals surface area contributed by atoms with E-state index in [9.17, 15) is 5.11 Å². The summed E-state index contributed by atoms with van der Waals surface area (Å²) in [7, 11) is 0. The molecule has 0 spiro atoms. The lowest BCUT2D eigenvalue weighted by Crippen LogP contribution is -2.08. The Morgan fingerprint density at radius 1 is 1.62 bits per heavy atom. The van der Waals surface area contributed by atoms with Crippen LogP contribution in [0, 0.1) is 6.92 Å². The monoisotopic (exact) mass is 177 g/mol. The maximum absolute atomic E-state index is 9.29. The molecule has 3 N–H and O–H groups in total. The van der Waals surface area contributed by atoms with Gasteiger partial charge in [0.2, 0.25) is 0 Å². The molecular formula is C11H15NO. The molecule has 0 radical (unpaired) electrons. The molecule has 0 aliphatic rings. The number of phenolic OH excluding ortho intramolecular Hbond substituents is 1. The highest BCUT2D eigenvalue weighted by atomic mass is 16.3. The molecule has 0 bridgehead atoms. The fraction of sp³-hybridized carbons (Fsp3) is 0.273. The predicted octanol–water partition coefficient (Wildman–Crippen LogP) is 2.28. The number of aryl methyl sites for hydroxylation is 1. The first-order chi connectivity index (χ1) is 6.15. The van der Waals surface area contributed by atoms with Gasteiger partial charge in [0.15, 0.2) is 0 Å². The zero-order chi connectivity index (χ0) is 9.84. The number of rotatable bonds is 3. The molecule has 2 nitrogen and oxygen atoms in total. The Labute approximate surface area is 78.7 Å². The molecule has 0 aliphatic carbocycles. The molecule has 0 fully saturated rings. The van der Waals surface area contributed by atoms with E-state index in [1.807, 2.05) is 19.1 Å². The van der Waals surface area contributed by atoms with Crippen LogP contribution < -0.4 is 5.73 Å². The van der Waals surface area contributed by atoms with Crippen LogP contribution in [0.5, 0.6) is 5.75 Å². The number of hydrogen-bond acceptors (Lipinski definition) is 2. The molecule has 0 saturated heterocycles. The van der Waals surface area contributed by atoms with Crippen LogP contribution in [0.4, 0.5) is 0 Å². The lowest BCUT2D eigenvalue weighted by molar-refractivity contribution is 0.470. The van der Waals surface area contributed by atoms with Gasteiger partial charge in [0.1, 0.15) is 5.75 Å². The van der Waals surface area contributed by atoms with Crippen LogP contribution in [0.25, 0.3) is 0 Å². The fourth-order valence-electron chi connectivity index (χ4n) is 1.22. The Morgan fingerprint density at radius 3 is 2.85 bits per heavy atom. The number of benzene rings is 1. The van der Waals surface area contributed by atoms with Crippen molar-refractivity contribution in [3.05, 3.63) is 42.0 Å². The van der Waals surface area contributed by atoms with Crippen LogP contribution >= 0.6 is 0 Å². The molecule has 13 heavy (non-hydrogen) atoms. The second kappa shape index (κ2) is 4.10. The first-order valence-electron chi connectivity index (χ1n) is 4.31. The van der Waals surface area contributed by atoms with Gasteiger partial charge in [-0.3, -0.25) is 0 Å². The van der Waals surface area contributed by atoms with Crippen molar-refractivity contribution in [1.29, 1.82) is 0 Å². The first kappa shape index (κ1) is 9.81. The van der Waals surface area contributed by atoms with Crippen LogP contribution in [0.1, 0.15) is 23.6 Å². The van der Waals surface area contributed by atoms with Gasteiger partial charge in [-0.1, -0.05) is 18.2 Å². The zero-order valence-electron chi connectivity index (χ0n) is 7.83. The van der Waals surface area contributed by atoms with Gasteiger partial charge in [-0.2, -0.15) is 0 Å². The Morgan fingerprint density at radius 2 is 2.31 bits per heavy atom. The second-order valence-corrected chi connectivity index (χ2v) is 3.18. The van der Waals surface area contributed by atoms with E-state index < -0.39 is 0 Å². The molecule has 70 valence electrons. The summed E-state index contributed by atoms with van der Waals surface area (Å²) in [5.41, 5.74) is 7.77. The molecule has 2 heteroatoms. The smallest absolute Gasteiger partial charge is 0.118 e. The maximum Gasteiger partial charge on any atom is 0.118 e. The topological polar surface area (TPSA) is 46.2 Å². The van der Waals surface area contributed by atoms with Crippen molar-refractivity contribution in [3.63, 3.8) is 0 Å². The van der Waals surface area contributed by atoms with Crippen LogP contribution in [-0.4, -0.2) is 5.11 Å². The van der Waals surface area contributed by atoms with E-state index in [-0.39, 0.29) is 6.04 Å². The summed E-state index contributed by atoms with van der Waals surface area (Å²) in [4.78, 5) is 0. The number of phenols is 1. The van der Waals surface area contributed by atoms with Crippen molar-refractivity contribution in [2.45, 2.75) is 19.4 Å². The summed E-state index contributed by atoms with van der Waals surface area (Å²) in [6.07, 6.45) is 2.55. The van der Waals surface area contributed by atoms with Crippen molar-refractivity contribution in [2.75, 3.05) is 0 Å². The van der Waals surface area contributed by atoms with E-state index in [1.165, 1.54) is 0 Å². The van der Waals surface area contributed by atoms with E-state index >= 15 is 0 Å². The molecule has 1 rings (SSSR count). The summed E-state index contributed by atoms with van der Waals surface area (Å²) in [6, 6.07) is 5.41. The molecule has 1 aromatic carbocycles. The SMILES string of the molecule is C=CCC(N)c1ccc(O)c(C)c1. The minimum atomic E-state index is -0.0169. The third-order valence-electron chi connectivity index (χ3n) is 2.07. The second-order valence-electron chi connectivity index (χ2n) is 3.18. The number of hydrogen-bond donors (Lipinski definition) is 2. The van der Waals surface area contributed by atoms with Gasteiger partial charge in [-0.25, -0.2) is 0 Å². The summed E-state index contributed by atoms with van der Waals surface area (Å²) in [5.74, 6) is 0.314. The quantitative estimate of drug-likeness (QED) is 0.696. The van der Waals surface area contributed by atoms with Gasteiger partial charge < -0.3 is 10.8 Å². The summed E-state index contributed by atoms with van der Waals surface area (Å²) in [6.45, 7) is 5.50. The first-order valence-corrected chi connectivity index (χ1v) is 4.31. The Kier molecular flexibility index (Phi) is 3.09. The standard InChI is InChI=1S/C11H15NO/c1-3-4-10(12)9-5-6-11(13)8(2)7-9/h3,5-7,10,13H,1,4,12H2,2H3. The molecule has 1 unspecified atom stereocenters. The van der Waals surface area contributed by atoms with Crippen LogP contribution in [0.3, 0.4) is 0 Å². The molecule has 0 heterocycles. The average molecular weight is 177 g/mol.